The molecule has 1 amide bonds. The summed E-state index contributed by atoms with van der Waals surface area (Å²) in [4.78, 5) is 17.4. The number of nitrogen functional groups attached to an aromatic ring is 1. The van der Waals surface area contributed by atoms with E-state index in [2.05, 4.69) is 10.4 Å². The number of amides is 1. The molecule has 6 heteroatoms. The number of rotatable bonds is 5. The van der Waals surface area contributed by atoms with Gasteiger partial charge in [-0.05, 0) is 25.5 Å². The third-order valence-corrected chi connectivity index (χ3v) is 2.37. The van der Waals surface area contributed by atoms with Gasteiger partial charge in [-0.1, -0.05) is 0 Å². The SMILES string of the molecule is CC(O)CCN(C)C(=O)c1cc(NN)ccn1. The van der Waals surface area contributed by atoms with Crippen LogP contribution in [0.2, 0.25) is 0 Å². The summed E-state index contributed by atoms with van der Waals surface area (Å²) in [5.74, 6) is 5.07. The monoisotopic (exact) mass is 238 g/mol. The first-order valence-electron chi connectivity index (χ1n) is 5.40. The maximum atomic E-state index is 11.9. The van der Waals surface area contributed by atoms with Gasteiger partial charge < -0.3 is 15.4 Å². The van der Waals surface area contributed by atoms with E-state index >= 15 is 0 Å². The summed E-state index contributed by atoms with van der Waals surface area (Å²) in [5.41, 5.74) is 3.42. The number of nitrogens with one attached hydrogen (secondary N) is 1. The second-order valence-electron chi connectivity index (χ2n) is 3.94. The summed E-state index contributed by atoms with van der Waals surface area (Å²) in [6.07, 6.45) is 1.64. The molecule has 6 nitrogen and oxygen atoms in total. The molecule has 1 aromatic rings. The van der Waals surface area contributed by atoms with Crippen LogP contribution in [0, 0.1) is 0 Å². The van der Waals surface area contributed by atoms with E-state index in [1.54, 1.807) is 26.1 Å². The Labute approximate surface area is 100 Å². The van der Waals surface area contributed by atoms with Crippen molar-refractivity contribution in [3.63, 3.8) is 0 Å². The molecule has 1 unspecified atom stereocenters. The molecule has 0 spiro atoms. The Morgan fingerprint density at radius 2 is 2.41 bits per heavy atom. The number of carbonyl (C=O) groups is 1. The van der Waals surface area contributed by atoms with Crippen molar-refractivity contribution in [2.24, 2.45) is 5.84 Å². The van der Waals surface area contributed by atoms with Gasteiger partial charge in [0.2, 0.25) is 0 Å². The van der Waals surface area contributed by atoms with Crippen molar-refractivity contribution < 1.29 is 9.90 Å². The van der Waals surface area contributed by atoms with Crippen LogP contribution >= 0.6 is 0 Å². The molecule has 1 heterocycles. The van der Waals surface area contributed by atoms with Crippen molar-refractivity contribution in [2.75, 3.05) is 19.0 Å². The number of hydrogen-bond donors (Lipinski definition) is 3. The van der Waals surface area contributed by atoms with Gasteiger partial charge in [-0.15, -0.1) is 0 Å². The molecule has 0 aromatic carbocycles. The molecule has 1 aromatic heterocycles. The molecule has 4 N–H and O–H groups in total. The molecule has 17 heavy (non-hydrogen) atoms. The largest absolute Gasteiger partial charge is 0.393 e. The maximum Gasteiger partial charge on any atom is 0.272 e. The van der Waals surface area contributed by atoms with Crippen LogP contribution in [0.3, 0.4) is 0 Å². The summed E-state index contributed by atoms with van der Waals surface area (Å²) in [6, 6.07) is 3.26. The van der Waals surface area contributed by atoms with Gasteiger partial charge in [0.25, 0.3) is 5.91 Å². The maximum absolute atomic E-state index is 11.9. The summed E-state index contributed by atoms with van der Waals surface area (Å²) < 4.78 is 0. The van der Waals surface area contributed by atoms with Crippen molar-refractivity contribution in [3.8, 4) is 0 Å². The Morgan fingerprint density at radius 1 is 1.71 bits per heavy atom. The highest BCUT2D eigenvalue weighted by atomic mass is 16.3. The average molecular weight is 238 g/mol. The fourth-order valence-electron chi connectivity index (χ4n) is 1.31. The van der Waals surface area contributed by atoms with Gasteiger partial charge in [-0.2, -0.15) is 0 Å². The zero-order chi connectivity index (χ0) is 12.8. The lowest BCUT2D eigenvalue weighted by Gasteiger charge is -2.17. The van der Waals surface area contributed by atoms with E-state index < -0.39 is 6.10 Å². The molecule has 0 aliphatic rings. The first-order chi connectivity index (χ1) is 8.04. The second-order valence-corrected chi connectivity index (χ2v) is 3.94. The van der Waals surface area contributed by atoms with Gasteiger partial charge in [0, 0.05) is 19.8 Å². The van der Waals surface area contributed by atoms with E-state index in [0.717, 1.165) is 0 Å². The number of aromatic nitrogens is 1. The molecular weight excluding hydrogens is 220 g/mol. The number of nitrogens with zero attached hydrogens (tertiary/aromatic N) is 2. The number of pyridine rings is 1. The molecule has 0 saturated heterocycles. The van der Waals surface area contributed by atoms with E-state index in [1.165, 1.54) is 11.1 Å². The molecule has 0 aliphatic carbocycles. The first-order valence-corrected chi connectivity index (χ1v) is 5.40. The normalized spacial score (nSPS) is 12.0. The Kier molecular flexibility index (Phi) is 4.86. The molecule has 0 aliphatic heterocycles. The molecule has 0 radical (unpaired) electrons. The van der Waals surface area contributed by atoms with Crippen molar-refractivity contribution in [3.05, 3.63) is 24.0 Å². The lowest BCUT2D eigenvalue weighted by Crippen LogP contribution is -2.30. The number of carbonyl (C=O) groups excluding carboxylic acids is 1. The topological polar surface area (TPSA) is 91.5 Å². The summed E-state index contributed by atoms with van der Waals surface area (Å²) in [6.45, 7) is 2.17. The van der Waals surface area contributed by atoms with Crippen molar-refractivity contribution in [1.29, 1.82) is 0 Å². The highest BCUT2D eigenvalue weighted by Gasteiger charge is 2.13. The average Bonchev–Trinajstić information content (AvgIpc) is 2.35. The quantitative estimate of drug-likeness (QED) is 0.504. The van der Waals surface area contributed by atoms with E-state index in [9.17, 15) is 4.79 Å². The smallest absolute Gasteiger partial charge is 0.272 e. The van der Waals surface area contributed by atoms with Crippen LogP contribution in [-0.4, -0.2) is 40.6 Å². The molecule has 0 saturated carbocycles. The predicted molar refractivity (Wildman–Crippen MR) is 65.3 cm³/mol. The summed E-state index contributed by atoms with van der Waals surface area (Å²) >= 11 is 0. The van der Waals surface area contributed by atoms with Gasteiger partial charge in [-0.3, -0.25) is 15.6 Å². The lowest BCUT2D eigenvalue weighted by molar-refractivity contribution is 0.0763. The standard InChI is InChI=1S/C11H18N4O2/c1-8(16)4-6-15(2)11(17)10-7-9(14-12)3-5-13-10/h3,5,7-8,16H,4,6,12H2,1-2H3,(H,13,14). The number of aliphatic hydroxyl groups excluding tert-OH is 1. The van der Waals surface area contributed by atoms with E-state index in [4.69, 9.17) is 10.9 Å². The summed E-state index contributed by atoms with van der Waals surface area (Å²) in [5, 5.41) is 9.16. The zero-order valence-corrected chi connectivity index (χ0v) is 10.1. The fourth-order valence-corrected chi connectivity index (χ4v) is 1.31. The number of hydrazine groups is 1. The molecule has 94 valence electrons. The molecule has 0 fully saturated rings. The minimum absolute atomic E-state index is 0.192. The van der Waals surface area contributed by atoms with Crippen LogP contribution in [0.5, 0.6) is 0 Å². The predicted octanol–water partition coefficient (Wildman–Crippen LogP) is 0.210. The Morgan fingerprint density at radius 3 is 3.00 bits per heavy atom. The highest BCUT2D eigenvalue weighted by Crippen LogP contribution is 2.08. The van der Waals surface area contributed by atoms with Gasteiger partial charge in [0.1, 0.15) is 5.69 Å². The Bertz CT molecular complexity index is 381. The molecule has 0 bridgehead atoms. The third kappa shape index (κ3) is 4.01. The van der Waals surface area contributed by atoms with Crippen LogP contribution in [0.4, 0.5) is 5.69 Å². The van der Waals surface area contributed by atoms with E-state index in [1.807, 2.05) is 0 Å². The number of nitrogens with two attached hydrogens (primary N) is 1. The number of aliphatic hydroxyl groups is 1. The van der Waals surface area contributed by atoms with Gasteiger partial charge in [0.05, 0.1) is 11.8 Å². The molecule has 1 atom stereocenters. The lowest BCUT2D eigenvalue weighted by atomic mass is 10.2. The highest BCUT2D eigenvalue weighted by molar-refractivity contribution is 5.92. The second kappa shape index (κ2) is 6.17. The van der Waals surface area contributed by atoms with Crippen LogP contribution in [0.25, 0.3) is 0 Å². The Hall–Kier alpha value is -1.66. The summed E-state index contributed by atoms with van der Waals surface area (Å²) in [7, 11) is 1.68. The van der Waals surface area contributed by atoms with Crippen LogP contribution in [0.1, 0.15) is 23.8 Å². The zero-order valence-electron chi connectivity index (χ0n) is 10.1. The van der Waals surface area contributed by atoms with Gasteiger partial charge >= 0.3 is 0 Å². The van der Waals surface area contributed by atoms with Gasteiger partial charge in [0.15, 0.2) is 0 Å². The van der Waals surface area contributed by atoms with Crippen LogP contribution in [-0.2, 0) is 0 Å². The molecular formula is C11H18N4O2. The first kappa shape index (κ1) is 13.4. The van der Waals surface area contributed by atoms with Crippen molar-refractivity contribution >= 4 is 11.6 Å². The van der Waals surface area contributed by atoms with Gasteiger partial charge in [-0.25, -0.2) is 0 Å². The van der Waals surface area contributed by atoms with E-state index in [-0.39, 0.29) is 5.91 Å². The van der Waals surface area contributed by atoms with E-state index in [0.29, 0.717) is 24.3 Å². The number of hydrogen-bond acceptors (Lipinski definition) is 5. The number of anilines is 1. The van der Waals surface area contributed by atoms with Crippen molar-refractivity contribution in [1.82, 2.24) is 9.88 Å². The molecule has 1 rings (SSSR count). The Balaban J connectivity index is 2.67. The minimum atomic E-state index is -0.421. The minimum Gasteiger partial charge on any atom is -0.393 e. The van der Waals surface area contributed by atoms with Crippen LogP contribution < -0.4 is 11.3 Å². The fraction of sp³-hybridized carbons (Fsp3) is 0.455. The van der Waals surface area contributed by atoms with Crippen molar-refractivity contribution in [2.45, 2.75) is 19.4 Å². The third-order valence-electron chi connectivity index (χ3n) is 2.37. The van der Waals surface area contributed by atoms with Crippen LogP contribution in [0.15, 0.2) is 18.3 Å².